The predicted molar refractivity (Wildman–Crippen MR) is 140 cm³/mol. The molecule has 2 aromatic rings. The molecule has 0 radical (unpaired) electrons. The van der Waals surface area contributed by atoms with Gasteiger partial charge in [-0.15, -0.1) is 11.8 Å². The number of rotatable bonds is 11. The highest BCUT2D eigenvalue weighted by Gasteiger charge is 2.35. The summed E-state index contributed by atoms with van der Waals surface area (Å²) in [6, 6.07) is 4.28. The van der Waals surface area contributed by atoms with Gasteiger partial charge in [0.25, 0.3) is 5.91 Å². The van der Waals surface area contributed by atoms with Crippen molar-refractivity contribution < 1.29 is 41.4 Å². The zero-order valence-corrected chi connectivity index (χ0v) is 23.1. The number of amides is 2. The number of benzene rings is 2. The summed E-state index contributed by atoms with van der Waals surface area (Å²) < 4.78 is 65.6. The Balaban J connectivity index is 1.55. The molecule has 2 amide bonds. The van der Waals surface area contributed by atoms with Gasteiger partial charge in [0.2, 0.25) is 5.91 Å². The van der Waals surface area contributed by atoms with E-state index in [1.54, 1.807) is 6.92 Å². The smallest absolute Gasteiger partial charge is 0.349 e. The topological polar surface area (TPSA) is 111 Å². The van der Waals surface area contributed by atoms with Gasteiger partial charge in [-0.05, 0) is 56.5 Å². The minimum atomic E-state index is -1.41. The first-order valence-corrected chi connectivity index (χ1v) is 13.6. The van der Waals surface area contributed by atoms with Crippen LogP contribution >= 0.6 is 11.8 Å². The lowest BCUT2D eigenvalue weighted by Gasteiger charge is -2.25. The summed E-state index contributed by atoms with van der Waals surface area (Å²) in [5.41, 5.74) is 4.83. The van der Waals surface area contributed by atoms with E-state index in [9.17, 15) is 31.9 Å². The average molecular weight is 586 g/mol. The molecule has 0 aromatic heterocycles. The minimum absolute atomic E-state index is 0.0364. The standard InChI is InChI=1S/C27H31F4N3O5S/c1-4-38-26(37)27(2,3)39-22-6-5-15(9-21(22)31)14-33-24(36)25-34(7-8-40-25)23(35)12-17(32)10-16-11-19(29)20(30)13-18(16)28/h5-6,9,11,13,17,25H,4,7-8,10,12,14,32H2,1-3H3,(H,33,36)/t17-,25?/m1/s1. The summed E-state index contributed by atoms with van der Waals surface area (Å²) in [4.78, 5) is 39.1. The van der Waals surface area contributed by atoms with Gasteiger partial charge in [-0.25, -0.2) is 22.4 Å². The molecule has 1 saturated heterocycles. The molecule has 1 unspecified atom stereocenters. The van der Waals surface area contributed by atoms with Crippen LogP contribution in [0.2, 0.25) is 0 Å². The van der Waals surface area contributed by atoms with Crippen molar-refractivity contribution in [3.63, 3.8) is 0 Å². The van der Waals surface area contributed by atoms with Gasteiger partial charge in [-0.1, -0.05) is 6.07 Å². The third kappa shape index (κ3) is 7.87. The first-order chi connectivity index (χ1) is 18.8. The lowest BCUT2D eigenvalue weighted by Crippen LogP contribution is -2.46. The van der Waals surface area contributed by atoms with E-state index in [0.717, 1.165) is 6.07 Å². The third-order valence-corrected chi connectivity index (χ3v) is 7.24. The van der Waals surface area contributed by atoms with Crippen molar-refractivity contribution in [3.05, 3.63) is 64.7 Å². The van der Waals surface area contributed by atoms with Crippen LogP contribution in [0.3, 0.4) is 0 Å². The van der Waals surface area contributed by atoms with E-state index in [2.05, 4.69) is 5.32 Å². The Bertz CT molecular complexity index is 1260. The molecule has 1 aliphatic rings. The Morgan fingerprint density at radius 2 is 1.80 bits per heavy atom. The molecule has 3 rings (SSSR count). The van der Waals surface area contributed by atoms with Crippen molar-refractivity contribution in [2.75, 3.05) is 18.9 Å². The molecule has 3 N–H and O–H groups in total. The Morgan fingerprint density at radius 1 is 1.10 bits per heavy atom. The summed E-state index contributed by atoms with van der Waals surface area (Å²) in [6.07, 6.45) is -0.438. The second kappa shape index (κ2) is 13.4. The Hall–Kier alpha value is -3.32. The van der Waals surface area contributed by atoms with Crippen molar-refractivity contribution in [1.29, 1.82) is 0 Å². The molecule has 13 heteroatoms. The molecule has 0 saturated carbocycles. The van der Waals surface area contributed by atoms with Gasteiger partial charge in [0.15, 0.2) is 34.2 Å². The summed E-state index contributed by atoms with van der Waals surface area (Å²) in [6.45, 7) is 4.96. The van der Waals surface area contributed by atoms with Crippen LogP contribution in [-0.4, -0.2) is 58.6 Å². The van der Waals surface area contributed by atoms with Crippen LogP contribution in [0.25, 0.3) is 0 Å². The van der Waals surface area contributed by atoms with Crippen LogP contribution in [0.4, 0.5) is 17.6 Å². The minimum Gasteiger partial charge on any atom is -0.473 e. The highest BCUT2D eigenvalue weighted by Crippen LogP contribution is 2.27. The number of carbonyl (C=O) groups excluding carboxylic acids is 3. The second-order valence-corrected chi connectivity index (χ2v) is 10.8. The maximum atomic E-state index is 14.6. The lowest BCUT2D eigenvalue weighted by molar-refractivity contribution is -0.158. The van der Waals surface area contributed by atoms with Gasteiger partial charge < -0.3 is 25.4 Å². The van der Waals surface area contributed by atoms with E-state index < -0.39 is 58.1 Å². The second-order valence-electron chi connectivity index (χ2n) is 9.65. The zero-order chi connectivity index (χ0) is 29.6. The quantitative estimate of drug-likeness (QED) is 0.236. The fraction of sp³-hybridized carbons (Fsp3) is 0.444. The Labute approximate surface area is 233 Å². The van der Waals surface area contributed by atoms with E-state index in [1.807, 2.05) is 0 Å². The van der Waals surface area contributed by atoms with Crippen molar-refractivity contribution in [2.24, 2.45) is 5.73 Å². The summed E-state index contributed by atoms with van der Waals surface area (Å²) >= 11 is 1.24. The summed E-state index contributed by atoms with van der Waals surface area (Å²) in [5.74, 6) is -5.46. The van der Waals surface area contributed by atoms with E-state index >= 15 is 0 Å². The number of hydrogen-bond acceptors (Lipinski definition) is 7. The first kappa shape index (κ1) is 31.2. The SMILES string of the molecule is CCOC(=O)C(C)(C)Oc1ccc(CNC(=O)C2SCCN2C(=O)C[C@H](N)Cc2cc(F)c(F)cc2F)cc1F. The highest BCUT2D eigenvalue weighted by atomic mass is 32.2. The maximum Gasteiger partial charge on any atom is 0.349 e. The number of nitrogens with two attached hydrogens (primary N) is 1. The molecule has 0 spiro atoms. The molecule has 2 aromatic carbocycles. The van der Waals surface area contributed by atoms with E-state index in [1.165, 1.54) is 42.6 Å². The molecule has 1 heterocycles. The van der Waals surface area contributed by atoms with E-state index in [-0.39, 0.29) is 43.9 Å². The fourth-order valence-corrected chi connectivity index (χ4v) is 5.16. The molecule has 2 atom stereocenters. The Kier molecular flexibility index (Phi) is 10.4. The van der Waals surface area contributed by atoms with Crippen molar-refractivity contribution in [1.82, 2.24) is 10.2 Å². The van der Waals surface area contributed by atoms with Crippen LogP contribution in [0.5, 0.6) is 5.75 Å². The number of carbonyl (C=O) groups is 3. The molecule has 8 nitrogen and oxygen atoms in total. The number of nitrogens with one attached hydrogen (secondary N) is 1. The van der Waals surface area contributed by atoms with Gasteiger partial charge >= 0.3 is 5.97 Å². The molecule has 218 valence electrons. The van der Waals surface area contributed by atoms with Gasteiger partial charge in [-0.3, -0.25) is 9.59 Å². The largest absolute Gasteiger partial charge is 0.473 e. The van der Waals surface area contributed by atoms with Crippen LogP contribution in [-0.2, 0) is 32.1 Å². The van der Waals surface area contributed by atoms with E-state index in [0.29, 0.717) is 23.4 Å². The highest BCUT2D eigenvalue weighted by molar-refractivity contribution is 8.00. The van der Waals surface area contributed by atoms with Gasteiger partial charge in [-0.2, -0.15) is 0 Å². The monoisotopic (exact) mass is 585 g/mol. The third-order valence-electron chi connectivity index (χ3n) is 6.04. The van der Waals surface area contributed by atoms with Gasteiger partial charge in [0.05, 0.1) is 6.61 Å². The molecule has 0 aliphatic carbocycles. The molecular weight excluding hydrogens is 554 g/mol. The summed E-state index contributed by atoms with van der Waals surface area (Å²) in [5, 5.41) is 1.83. The number of halogens is 4. The van der Waals surface area contributed by atoms with Gasteiger partial charge in [0, 0.05) is 37.4 Å². The van der Waals surface area contributed by atoms with Crippen molar-refractivity contribution >= 4 is 29.5 Å². The predicted octanol–water partition coefficient (Wildman–Crippen LogP) is 3.44. The molecular formula is C27H31F4N3O5S. The molecule has 1 aliphatic heterocycles. The average Bonchev–Trinajstić information content (AvgIpc) is 3.38. The molecule has 40 heavy (non-hydrogen) atoms. The maximum absolute atomic E-state index is 14.6. The number of thioether (sulfide) groups is 1. The van der Waals surface area contributed by atoms with Crippen molar-refractivity contribution in [3.8, 4) is 5.75 Å². The van der Waals surface area contributed by atoms with Crippen LogP contribution in [0, 0.1) is 23.3 Å². The van der Waals surface area contributed by atoms with Crippen molar-refractivity contribution in [2.45, 2.75) is 57.2 Å². The van der Waals surface area contributed by atoms with Crippen LogP contribution in [0.15, 0.2) is 30.3 Å². The van der Waals surface area contributed by atoms with Crippen LogP contribution in [0.1, 0.15) is 38.3 Å². The normalized spacial score (nSPS) is 16.0. The number of hydrogen-bond donors (Lipinski definition) is 2. The zero-order valence-electron chi connectivity index (χ0n) is 22.3. The lowest BCUT2D eigenvalue weighted by atomic mass is 10.0. The summed E-state index contributed by atoms with van der Waals surface area (Å²) in [7, 11) is 0. The number of esters is 1. The number of ether oxygens (including phenoxy) is 2. The van der Waals surface area contributed by atoms with Gasteiger partial charge in [0.1, 0.15) is 5.82 Å². The molecule has 1 fully saturated rings. The van der Waals surface area contributed by atoms with Crippen LogP contribution < -0.4 is 15.8 Å². The Morgan fingerprint density at radius 3 is 2.48 bits per heavy atom. The van der Waals surface area contributed by atoms with E-state index in [4.69, 9.17) is 15.2 Å². The first-order valence-electron chi connectivity index (χ1n) is 12.5. The number of nitrogens with zero attached hydrogens (tertiary/aromatic N) is 1. The molecule has 0 bridgehead atoms. The fourth-order valence-electron chi connectivity index (χ4n) is 3.99.